The Kier molecular flexibility index (Phi) is 12.0. The molecule has 3 aromatic rings. The number of benzene rings is 1. The second kappa shape index (κ2) is 15.3. The summed E-state index contributed by atoms with van der Waals surface area (Å²) < 4.78 is 68.6. The SMILES string of the molecule is CCC(CC)COC(=O)[C@H](C)N[P@](=O)(OC[C@@]1(CF)OC[C@@](O)(c2ccc3c(=N)n(COP(=O)(O)O)cnn23)[C@@H]1O)Oc1ccccc1. The molecule has 1 fully saturated rings. The van der Waals surface area contributed by atoms with Gasteiger partial charge in [-0.05, 0) is 37.1 Å². The van der Waals surface area contributed by atoms with Crippen molar-refractivity contribution in [1.29, 1.82) is 5.41 Å². The number of aliphatic hydroxyl groups is 2. The van der Waals surface area contributed by atoms with E-state index in [1.54, 1.807) is 18.2 Å². The number of alkyl halides is 1. The van der Waals surface area contributed by atoms with Gasteiger partial charge in [0.1, 0.15) is 48.7 Å². The third kappa shape index (κ3) is 8.40. The first kappa shape index (κ1) is 37.8. The highest BCUT2D eigenvalue weighted by molar-refractivity contribution is 7.52. The predicted octanol–water partition coefficient (Wildman–Crippen LogP) is 2.13. The van der Waals surface area contributed by atoms with Crippen LogP contribution in [0.25, 0.3) is 5.52 Å². The average Bonchev–Trinajstić information content (AvgIpc) is 3.60. The van der Waals surface area contributed by atoms with Gasteiger partial charge in [-0.15, -0.1) is 0 Å². The second-order valence-corrected chi connectivity index (χ2v) is 14.3. The fraction of sp³-hybridized carbons (Fsp3) is 0.536. The smallest absolute Gasteiger partial charge is 0.464 e. The van der Waals surface area contributed by atoms with E-state index in [9.17, 15) is 28.5 Å². The van der Waals surface area contributed by atoms with Gasteiger partial charge >= 0.3 is 21.5 Å². The van der Waals surface area contributed by atoms with E-state index in [1.807, 2.05) is 13.8 Å². The standard InChI is InChI=1S/C28H40FN5O12P2/c1-4-20(5-2)13-42-25(35)19(3)32-47(38,46-21-9-7-6-8-10-21)44-15-27(14-29)26(36)28(37,16-43-27)23-12-11-22-24(30)33(17-31-34(22)23)18-45-48(39,40)41/h6-12,17,19-20,26,30,36-37H,4-5,13-16,18H2,1-3H3,(H,32,38)(H2,39,40,41)/t19-,26+,27+,28+,47-/m0/s1. The van der Waals surface area contributed by atoms with E-state index in [-0.39, 0.29) is 35.0 Å². The molecule has 6 N–H and O–H groups in total. The van der Waals surface area contributed by atoms with Crippen LogP contribution >= 0.6 is 15.6 Å². The minimum absolute atomic E-state index is 0.0338. The van der Waals surface area contributed by atoms with Crippen molar-refractivity contribution >= 4 is 27.1 Å². The molecule has 4 rings (SSSR count). The van der Waals surface area contributed by atoms with Crippen LogP contribution in [0, 0.1) is 11.3 Å². The van der Waals surface area contributed by atoms with E-state index in [0.717, 1.165) is 28.3 Å². The first-order valence-electron chi connectivity index (χ1n) is 15.0. The van der Waals surface area contributed by atoms with Crippen molar-refractivity contribution in [3.63, 3.8) is 0 Å². The number of fused-ring (bicyclic) bond motifs is 1. The molecule has 1 aliphatic heterocycles. The molecule has 0 spiro atoms. The number of phosphoric acid groups is 1. The van der Waals surface area contributed by atoms with Gasteiger partial charge in [0.25, 0.3) is 0 Å². The van der Waals surface area contributed by atoms with Gasteiger partial charge in [-0.3, -0.25) is 23.8 Å². The van der Waals surface area contributed by atoms with Crippen LogP contribution in [0.1, 0.15) is 39.3 Å². The van der Waals surface area contributed by atoms with Crippen LogP contribution in [0.4, 0.5) is 4.39 Å². The third-order valence-corrected chi connectivity index (χ3v) is 10.1. The Balaban J connectivity index is 1.56. The molecule has 266 valence electrons. The summed E-state index contributed by atoms with van der Waals surface area (Å²) in [4.78, 5) is 30.7. The van der Waals surface area contributed by atoms with Crippen LogP contribution in [-0.4, -0.2) is 84.4 Å². The number of ether oxygens (including phenoxy) is 2. The van der Waals surface area contributed by atoms with Gasteiger partial charge < -0.3 is 34.0 Å². The van der Waals surface area contributed by atoms with Crippen LogP contribution in [0.3, 0.4) is 0 Å². The van der Waals surface area contributed by atoms with Crippen molar-refractivity contribution in [3.8, 4) is 5.75 Å². The second-order valence-electron chi connectivity index (χ2n) is 11.4. The van der Waals surface area contributed by atoms with E-state index in [4.69, 9.17) is 33.7 Å². The van der Waals surface area contributed by atoms with Crippen LogP contribution in [0.2, 0.25) is 0 Å². The lowest BCUT2D eigenvalue weighted by Crippen LogP contribution is -2.53. The number of carbonyl (C=O) groups excluding carboxylic acids is 1. The maximum atomic E-state index is 14.8. The summed E-state index contributed by atoms with van der Waals surface area (Å²) in [5, 5.41) is 38.0. The maximum absolute atomic E-state index is 14.8. The molecule has 0 radical (unpaired) electrons. The molecule has 3 heterocycles. The molecule has 0 aliphatic carbocycles. The largest absolute Gasteiger partial charge is 0.471 e. The summed E-state index contributed by atoms with van der Waals surface area (Å²) in [5.74, 6) is -0.507. The van der Waals surface area contributed by atoms with E-state index >= 15 is 0 Å². The lowest BCUT2D eigenvalue weighted by Gasteiger charge is -2.33. The van der Waals surface area contributed by atoms with Crippen molar-refractivity contribution < 1.29 is 61.4 Å². The number of nitrogens with one attached hydrogen (secondary N) is 2. The summed E-state index contributed by atoms with van der Waals surface area (Å²) in [6, 6.07) is 9.28. The molecule has 2 aromatic heterocycles. The Morgan fingerprint density at radius 1 is 1.19 bits per heavy atom. The number of aromatic nitrogens is 3. The lowest BCUT2D eigenvalue weighted by atomic mass is 9.86. The summed E-state index contributed by atoms with van der Waals surface area (Å²) in [6.07, 6.45) is 0.531. The molecule has 20 heteroatoms. The number of rotatable bonds is 17. The molecule has 0 amide bonds. The summed E-state index contributed by atoms with van der Waals surface area (Å²) in [7, 11) is -9.38. The van der Waals surface area contributed by atoms with Crippen molar-refractivity contribution in [1.82, 2.24) is 19.3 Å². The molecule has 5 atom stereocenters. The Bertz CT molecular complexity index is 1720. The summed E-state index contributed by atoms with van der Waals surface area (Å²) in [6.45, 7) is 1.73. The number of carbonyl (C=O) groups is 1. The minimum atomic E-state index is -4.85. The van der Waals surface area contributed by atoms with Crippen LogP contribution < -0.4 is 15.1 Å². The molecule has 1 saturated heterocycles. The number of hydrogen-bond donors (Lipinski definition) is 6. The molecule has 1 aliphatic rings. The molecule has 48 heavy (non-hydrogen) atoms. The number of hydrogen-bond acceptors (Lipinski definition) is 12. The van der Waals surface area contributed by atoms with E-state index < -0.39 is 71.5 Å². The van der Waals surface area contributed by atoms with Gasteiger partial charge in [0.2, 0.25) is 0 Å². The van der Waals surface area contributed by atoms with Gasteiger partial charge in [-0.2, -0.15) is 10.2 Å². The van der Waals surface area contributed by atoms with Gasteiger partial charge in [-0.1, -0.05) is 44.9 Å². The number of para-hydroxylation sites is 1. The maximum Gasteiger partial charge on any atom is 0.471 e. The minimum Gasteiger partial charge on any atom is -0.464 e. The van der Waals surface area contributed by atoms with Gasteiger partial charge in [0.15, 0.2) is 11.1 Å². The highest BCUT2D eigenvalue weighted by Gasteiger charge is 2.61. The molecule has 17 nitrogen and oxygen atoms in total. The van der Waals surface area contributed by atoms with Crippen LogP contribution in [-0.2, 0) is 44.8 Å². The number of aliphatic hydroxyl groups excluding tert-OH is 1. The lowest BCUT2D eigenvalue weighted by molar-refractivity contribution is -0.146. The molecule has 0 bridgehead atoms. The van der Waals surface area contributed by atoms with E-state index in [2.05, 4.69) is 14.7 Å². The fourth-order valence-electron chi connectivity index (χ4n) is 4.99. The number of esters is 1. The number of phosphoric ester groups is 1. The first-order chi connectivity index (χ1) is 22.6. The van der Waals surface area contributed by atoms with Crippen LogP contribution in [0.5, 0.6) is 5.75 Å². The van der Waals surface area contributed by atoms with Gasteiger partial charge in [0.05, 0.1) is 25.5 Å². The molecule has 0 unspecified atom stereocenters. The monoisotopic (exact) mass is 719 g/mol. The topological polar surface area (TPSA) is 236 Å². The highest BCUT2D eigenvalue weighted by Crippen LogP contribution is 2.48. The van der Waals surface area contributed by atoms with Crippen molar-refractivity contribution in [2.75, 3.05) is 26.5 Å². The molecular formula is C28H40FN5O12P2. The zero-order valence-corrected chi connectivity index (χ0v) is 28.3. The number of halogens is 1. The molecule has 0 saturated carbocycles. The van der Waals surface area contributed by atoms with E-state index in [0.29, 0.717) is 0 Å². The Morgan fingerprint density at radius 2 is 1.88 bits per heavy atom. The Morgan fingerprint density at radius 3 is 2.50 bits per heavy atom. The Hall–Kier alpha value is -3.02. The molecular weight excluding hydrogens is 679 g/mol. The fourth-order valence-corrected chi connectivity index (χ4v) is 6.81. The summed E-state index contributed by atoms with van der Waals surface area (Å²) in [5.41, 5.74) is -5.02. The first-order valence-corrected chi connectivity index (χ1v) is 18.0. The van der Waals surface area contributed by atoms with Crippen molar-refractivity contribution in [3.05, 3.63) is 60.0 Å². The normalized spacial score (nSPS) is 23.3. The van der Waals surface area contributed by atoms with Gasteiger partial charge in [-0.25, -0.2) is 18.0 Å². The quantitative estimate of drug-likeness (QED) is 0.0867. The highest BCUT2D eigenvalue weighted by atomic mass is 31.2. The third-order valence-electron chi connectivity index (χ3n) is 8.03. The zero-order valence-electron chi connectivity index (χ0n) is 26.5. The zero-order chi connectivity index (χ0) is 35.3. The molecule has 1 aromatic carbocycles. The van der Waals surface area contributed by atoms with E-state index in [1.165, 1.54) is 31.2 Å². The van der Waals surface area contributed by atoms with Crippen molar-refractivity contribution in [2.24, 2.45) is 5.92 Å². The average molecular weight is 720 g/mol. The van der Waals surface area contributed by atoms with Crippen LogP contribution in [0.15, 0.2) is 48.8 Å². The summed E-state index contributed by atoms with van der Waals surface area (Å²) >= 11 is 0. The number of nitrogens with zero attached hydrogens (tertiary/aromatic N) is 3. The van der Waals surface area contributed by atoms with Gasteiger partial charge in [0, 0.05) is 0 Å². The predicted molar refractivity (Wildman–Crippen MR) is 165 cm³/mol. The Labute approximate surface area is 274 Å². The van der Waals surface area contributed by atoms with Crippen molar-refractivity contribution in [2.45, 2.75) is 63.7 Å².